The number of alkyl halides is 3. The van der Waals surface area contributed by atoms with E-state index in [1.54, 1.807) is 18.3 Å². The number of urea groups is 1. The zero-order valence-electron chi connectivity index (χ0n) is 26.5. The number of esters is 1. The first-order valence-corrected chi connectivity index (χ1v) is 15.2. The van der Waals surface area contributed by atoms with E-state index in [0.29, 0.717) is 40.7 Å². The van der Waals surface area contributed by atoms with Crippen molar-refractivity contribution in [2.45, 2.75) is 46.0 Å². The van der Waals surface area contributed by atoms with Gasteiger partial charge in [-0.2, -0.15) is 18.4 Å². The van der Waals surface area contributed by atoms with E-state index >= 15 is 0 Å². The number of nitrogens with two attached hydrogens (primary N) is 1. The number of amides is 2. The number of allylic oxidation sites excluding steroid dienone is 1. The number of carbonyl (C=O) groups is 2. The van der Waals surface area contributed by atoms with Crippen LogP contribution in [0.25, 0.3) is 0 Å². The molecule has 46 heavy (non-hydrogen) atoms. The third kappa shape index (κ3) is 7.72. The molecule has 0 fully saturated rings. The second-order valence-corrected chi connectivity index (χ2v) is 11.8. The van der Waals surface area contributed by atoms with Gasteiger partial charge in [0.05, 0.1) is 50.5 Å². The summed E-state index contributed by atoms with van der Waals surface area (Å²) in [5, 5.41) is 21.5. The van der Waals surface area contributed by atoms with Gasteiger partial charge in [0.1, 0.15) is 17.6 Å². The minimum Gasteiger partial charge on any atom is -0.466 e. The number of quaternary nitrogens is 1. The highest BCUT2D eigenvalue weighted by atomic mass is 32.1. The SMILES string of the molecule is CC.COC(=O)C1=C(C)N(c2cccc(C(F)(F)F)c2)C(=N)N(C(N)=O)[C@@H]1c1ccc(C#N)cc1CC[N+](C)(C)Cc1nccs1. The topological polar surface area (TPSA) is 136 Å². The monoisotopic (exact) mass is 656 g/mol. The minimum absolute atomic E-state index is 0.0823. The maximum Gasteiger partial charge on any atom is 0.416 e. The van der Waals surface area contributed by atoms with Crippen LogP contribution in [0, 0.1) is 16.7 Å². The number of thiazole rings is 1. The van der Waals surface area contributed by atoms with Gasteiger partial charge in [-0.3, -0.25) is 15.2 Å². The van der Waals surface area contributed by atoms with Crippen molar-refractivity contribution in [3.63, 3.8) is 0 Å². The van der Waals surface area contributed by atoms with E-state index in [1.165, 1.54) is 36.5 Å². The molecule has 0 aliphatic carbocycles. The third-order valence-electron chi connectivity index (χ3n) is 7.37. The molecule has 0 saturated carbocycles. The molecule has 1 atom stereocenters. The van der Waals surface area contributed by atoms with Crippen molar-refractivity contribution >= 4 is 35.0 Å². The van der Waals surface area contributed by atoms with E-state index in [1.807, 2.05) is 33.3 Å². The molecule has 3 N–H and O–H groups in total. The van der Waals surface area contributed by atoms with Crippen LogP contribution in [0.3, 0.4) is 0 Å². The van der Waals surface area contributed by atoms with Crippen molar-refractivity contribution in [1.29, 1.82) is 10.7 Å². The lowest BCUT2D eigenvalue weighted by molar-refractivity contribution is -0.903. The highest BCUT2D eigenvalue weighted by molar-refractivity contribution is 7.09. The summed E-state index contributed by atoms with van der Waals surface area (Å²) in [6, 6.07) is 8.72. The largest absolute Gasteiger partial charge is 0.466 e. The summed E-state index contributed by atoms with van der Waals surface area (Å²) in [6.07, 6.45) is -2.53. The maximum absolute atomic E-state index is 13.6. The molecule has 2 amide bonds. The van der Waals surface area contributed by atoms with Crippen LogP contribution >= 0.6 is 11.3 Å². The quantitative estimate of drug-likeness (QED) is 0.219. The second kappa shape index (κ2) is 14.6. The van der Waals surface area contributed by atoms with Gasteiger partial charge in [-0.05, 0) is 48.4 Å². The van der Waals surface area contributed by atoms with E-state index in [0.717, 1.165) is 34.0 Å². The molecule has 1 aliphatic heterocycles. The van der Waals surface area contributed by atoms with Crippen molar-refractivity contribution in [3.8, 4) is 6.07 Å². The van der Waals surface area contributed by atoms with Crippen molar-refractivity contribution in [2.24, 2.45) is 5.73 Å². The van der Waals surface area contributed by atoms with E-state index in [9.17, 15) is 28.0 Å². The molecular formula is C32H37F3N7O3S+. The van der Waals surface area contributed by atoms with Gasteiger partial charge in [0, 0.05) is 29.4 Å². The molecule has 244 valence electrons. The summed E-state index contributed by atoms with van der Waals surface area (Å²) in [5.41, 5.74) is 6.10. The number of nitrogens with one attached hydrogen (secondary N) is 1. The fraction of sp³-hybridized carbons (Fsp3) is 0.344. The van der Waals surface area contributed by atoms with Gasteiger partial charge >= 0.3 is 18.2 Å². The van der Waals surface area contributed by atoms with Gasteiger partial charge in [-0.15, -0.1) is 11.3 Å². The standard InChI is InChI=1S/C30H30F3N7O3S.C2H6/c1-18-25(27(41)43-4)26(39(29(36)42)28(35)38(18)22-7-5-6-21(15-22)30(31,32)33)23-9-8-19(16-34)14-20(23)10-12-40(2,3)17-24-37-11-13-44-24;1-2/h5-9,11,13-15,26,35H,10,12,17H2,1-4H3,(H-,36,42);1-2H3/p+1/t26-;/m1./s1. The molecule has 0 radical (unpaired) electrons. The van der Waals surface area contributed by atoms with Crippen molar-refractivity contribution in [2.75, 3.05) is 32.6 Å². The molecular weight excluding hydrogens is 619 g/mol. The Morgan fingerprint density at radius 3 is 2.46 bits per heavy atom. The number of nitriles is 1. The second-order valence-electron chi connectivity index (χ2n) is 10.8. The van der Waals surface area contributed by atoms with Crippen LogP contribution in [0.2, 0.25) is 0 Å². The van der Waals surface area contributed by atoms with E-state index < -0.39 is 35.7 Å². The first-order valence-electron chi connectivity index (χ1n) is 14.4. The molecule has 0 bridgehead atoms. The fourth-order valence-corrected chi connectivity index (χ4v) is 6.05. The van der Waals surface area contributed by atoms with Crippen LogP contribution in [-0.4, -0.2) is 60.1 Å². The number of halogens is 3. The Morgan fingerprint density at radius 2 is 1.89 bits per heavy atom. The molecule has 1 aromatic heterocycles. The maximum atomic E-state index is 13.6. The van der Waals surface area contributed by atoms with Crippen LogP contribution in [0.15, 0.2) is 65.3 Å². The summed E-state index contributed by atoms with van der Waals surface area (Å²) in [4.78, 5) is 32.6. The molecule has 3 aromatic rings. The lowest BCUT2D eigenvalue weighted by Crippen LogP contribution is -2.55. The number of hydrogen-bond donors (Lipinski definition) is 2. The number of likely N-dealkylation sites (N-methyl/N-ethyl adjacent to an activating group) is 1. The van der Waals surface area contributed by atoms with Gasteiger partial charge < -0.3 is 15.0 Å². The highest BCUT2D eigenvalue weighted by Crippen LogP contribution is 2.42. The number of primary amides is 1. The number of nitrogens with zero attached hydrogens (tertiary/aromatic N) is 5. The van der Waals surface area contributed by atoms with Crippen LogP contribution in [0.5, 0.6) is 0 Å². The average molecular weight is 657 g/mol. The van der Waals surface area contributed by atoms with Crippen LogP contribution in [-0.2, 0) is 28.7 Å². The Kier molecular flexibility index (Phi) is 11.3. The molecule has 10 nitrogen and oxygen atoms in total. The highest BCUT2D eigenvalue weighted by Gasteiger charge is 2.44. The summed E-state index contributed by atoms with van der Waals surface area (Å²) in [5.74, 6) is -1.42. The zero-order valence-corrected chi connectivity index (χ0v) is 27.3. The molecule has 1 aliphatic rings. The van der Waals surface area contributed by atoms with Crippen molar-refractivity contribution in [3.05, 3.63) is 92.6 Å². The predicted molar refractivity (Wildman–Crippen MR) is 170 cm³/mol. The number of benzene rings is 2. The van der Waals surface area contributed by atoms with Crippen LogP contribution < -0.4 is 10.6 Å². The predicted octanol–water partition coefficient (Wildman–Crippen LogP) is 6.20. The Bertz CT molecular complexity index is 1660. The normalized spacial score (nSPS) is 15.2. The number of hydrogen-bond acceptors (Lipinski definition) is 7. The van der Waals surface area contributed by atoms with Gasteiger partial charge in [0.2, 0.25) is 5.96 Å². The van der Waals surface area contributed by atoms with Crippen LogP contribution in [0.4, 0.5) is 23.7 Å². The van der Waals surface area contributed by atoms with Gasteiger partial charge in [-0.25, -0.2) is 14.6 Å². The molecule has 0 unspecified atom stereocenters. The minimum atomic E-state index is -4.67. The van der Waals surface area contributed by atoms with E-state index in [4.69, 9.17) is 15.9 Å². The number of anilines is 1. The van der Waals surface area contributed by atoms with Gasteiger partial charge in [0.25, 0.3) is 0 Å². The van der Waals surface area contributed by atoms with Gasteiger partial charge in [-0.1, -0.05) is 26.0 Å². The number of guanidine groups is 1. The third-order valence-corrected chi connectivity index (χ3v) is 8.14. The van der Waals surface area contributed by atoms with Crippen molar-refractivity contribution in [1.82, 2.24) is 9.88 Å². The molecule has 0 saturated heterocycles. The number of aromatic nitrogens is 1. The number of carbonyl (C=O) groups excluding carboxylic acids is 2. The van der Waals surface area contributed by atoms with Gasteiger partial charge in [0.15, 0.2) is 0 Å². The first kappa shape index (κ1) is 35.7. The summed E-state index contributed by atoms with van der Waals surface area (Å²) < 4.78 is 46.3. The summed E-state index contributed by atoms with van der Waals surface area (Å²) >= 11 is 1.54. The van der Waals surface area contributed by atoms with Crippen LogP contribution in [0.1, 0.15) is 54.1 Å². The number of methoxy groups -OCH3 is 1. The number of rotatable bonds is 8. The number of ether oxygens (including phenoxy) is 1. The average Bonchev–Trinajstić information content (AvgIpc) is 3.52. The summed E-state index contributed by atoms with van der Waals surface area (Å²) in [7, 11) is 5.19. The van der Waals surface area contributed by atoms with E-state index in [2.05, 4.69) is 11.1 Å². The first-order chi connectivity index (χ1) is 21.7. The molecule has 2 aromatic carbocycles. The molecule has 4 rings (SSSR count). The lowest BCUT2D eigenvalue weighted by atomic mass is 9.87. The smallest absolute Gasteiger partial charge is 0.416 e. The van der Waals surface area contributed by atoms with Crippen molar-refractivity contribution < 1.29 is 32.0 Å². The molecule has 14 heteroatoms. The Balaban J connectivity index is 0.00000282. The van der Waals surface area contributed by atoms with E-state index in [-0.39, 0.29) is 17.0 Å². The Morgan fingerprint density at radius 1 is 1.20 bits per heavy atom. The lowest BCUT2D eigenvalue weighted by Gasteiger charge is -2.43. The summed E-state index contributed by atoms with van der Waals surface area (Å²) in [6.45, 7) is 6.68. The Hall–Kier alpha value is -4.74. The Labute approximate surface area is 270 Å². The molecule has 0 spiro atoms. The zero-order chi connectivity index (χ0) is 34.4. The fourth-order valence-electron chi connectivity index (χ4n) is 5.23. The molecule has 2 heterocycles.